The van der Waals surface area contributed by atoms with Gasteiger partial charge in [0, 0.05) is 22.2 Å². The summed E-state index contributed by atoms with van der Waals surface area (Å²) in [6, 6.07) is 7.53. The lowest BCUT2D eigenvalue weighted by Gasteiger charge is -2.30. The monoisotopic (exact) mass is 331 g/mol. The molecule has 1 N–H and O–H groups in total. The SMILES string of the molecule is O=C(c1ccc(I)cc1)N1CCCC(O)C1. The van der Waals surface area contributed by atoms with Gasteiger partial charge in [-0.25, -0.2) is 0 Å². The van der Waals surface area contributed by atoms with E-state index in [-0.39, 0.29) is 12.0 Å². The van der Waals surface area contributed by atoms with E-state index in [1.807, 2.05) is 24.3 Å². The Morgan fingerprint density at radius 1 is 1.38 bits per heavy atom. The summed E-state index contributed by atoms with van der Waals surface area (Å²) < 4.78 is 1.12. The average molecular weight is 331 g/mol. The molecule has 1 unspecified atom stereocenters. The largest absolute Gasteiger partial charge is 0.391 e. The first-order chi connectivity index (χ1) is 7.66. The maximum Gasteiger partial charge on any atom is 0.253 e. The molecule has 0 aromatic heterocycles. The summed E-state index contributed by atoms with van der Waals surface area (Å²) in [4.78, 5) is 13.8. The summed E-state index contributed by atoms with van der Waals surface area (Å²) in [6.45, 7) is 1.21. The first-order valence-corrected chi connectivity index (χ1v) is 6.47. The Morgan fingerprint density at radius 3 is 2.69 bits per heavy atom. The standard InChI is InChI=1S/C12H14INO2/c13-10-5-3-9(4-6-10)12(16)14-7-1-2-11(15)8-14/h3-6,11,15H,1-2,7-8H2. The van der Waals surface area contributed by atoms with E-state index in [1.54, 1.807) is 4.90 Å². The van der Waals surface area contributed by atoms with Crippen LogP contribution in [0.15, 0.2) is 24.3 Å². The van der Waals surface area contributed by atoms with Gasteiger partial charge in [0.05, 0.1) is 6.10 Å². The Bertz CT molecular complexity index is 377. The molecule has 0 spiro atoms. The lowest BCUT2D eigenvalue weighted by Crippen LogP contribution is -2.42. The molecule has 1 amide bonds. The van der Waals surface area contributed by atoms with Crippen LogP contribution in [0.4, 0.5) is 0 Å². The van der Waals surface area contributed by atoms with Crippen LogP contribution in [0.2, 0.25) is 0 Å². The third-order valence-electron chi connectivity index (χ3n) is 2.77. The number of nitrogens with zero attached hydrogens (tertiary/aromatic N) is 1. The Hall–Kier alpha value is -0.620. The molecular formula is C12H14INO2. The van der Waals surface area contributed by atoms with Crippen molar-refractivity contribution in [3.05, 3.63) is 33.4 Å². The van der Waals surface area contributed by atoms with Gasteiger partial charge in [-0.3, -0.25) is 4.79 Å². The van der Waals surface area contributed by atoms with Crippen LogP contribution in [0.1, 0.15) is 23.2 Å². The summed E-state index contributed by atoms with van der Waals surface area (Å²) >= 11 is 2.21. The van der Waals surface area contributed by atoms with Crippen LogP contribution >= 0.6 is 22.6 Å². The molecule has 0 saturated carbocycles. The smallest absolute Gasteiger partial charge is 0.253 e. The predicted molar refractivity (Wildman–Crippen MR) is 70.3 cm³/mol. The Kier molecular flexibility index (Phi) is 3.81. The third-order valence-corrected chi connectivity index (χ3v) is 3.49. The molecule has 1 aliphatic heterocycles. The summed E-state index contributed by atoms with van der Waals surface area (Å²) in [5.41, 5.74) is 0.703. The molecule has 1 heterocycles. The average Bonchev–Trinajstić information content (AvgIpc) is 2.29. The molecule has 4 heteroatoms. The second-order valence-corrected chi connectivity index (χ2v) is 5.30. The van der Waals surface area contributed by atoms with Crippen molar-refractivity contribution >= 4 is 28.5 Å². The minimum atomic E-state index is -0.360. The highest BCUT2D eigenvalue weighted by atomic mass is 127. The van der Waals surface area contributed by atoms with Crippen molar-refractivity contribution in [1.29, 1.82) is 0 Å². The minimum Gasteiger partial charge on any atom is -0.391 e. The Balaban J connectivity index is 2.09. The number of likely N-dealkylation sites (tertiary alicyclic amines) is 1. The number of carbonyl (C=O) groups is 1. The number of hydrogen-bond acceptors (Lipinski definition) is 2. The van der Waals surface area contributed by atoms with Crippen LogP contribution in [0.5, 0.6) is 0 Å². The van der Waals surface area contributed by atoms with Crippen molar-refractivity contribution in [2.24, 2.45) is 0 Å². The van der Waals surface area contributed by atoms with E-state index in [9.17, 15) is 9.90 Å². The van der Waals surface area contributed by atoms with E-state index in [0.717, 1.165) is 23.0 Å². The van der Waals surface area contributed by atoms with Gasteiger partial charge >= 0.3 is 0 Å². The first kappa shape index (κ1) is 11.9. The fourth-order valence-corrected chi connectivity index (χ4v) is 2.27. The Labute approximate surface area is 109 Å². The van der Waals surface area contributed by atoms with E-state index < -0.39 is 0 Å². The molecule has 3 nitrogen and oxygen atoms in total. The van der Waals surface area contributed by atoms with Crippen molar-refractivity contribution in [2.75, 3.05) is 13.1 Å². The fraction of sp³-hybridized carbons (Fsp3) is 0.417. The lowest BCUT2D eigenvalue weighted by molar-refractivity contribution is 0.0474. The van der Waals surface area contributed by atoms with Gasteiger partial charge in [0.15, 0.2) is 0 Å². The topological polar surface area (TPSA) is 40.5 Å². The summed E-state index contributed by atoms with van der Waals surface area (Å²) in [6.07, 6.45) is 1.33. The number of carbonyl (C=O) groups excluding carboxylic acids is 1. The Morgan fingerprint density at radius 2 is 2.06 bits per heavy atom. The van der Waals surface area contributed by atoms with Crippen LogP contribution in [0, 0.1) is 3.57 Å². The second kappa shape index (κ2) is 5.14. The molecule has 1 aromatic rings. The van der Waals surface area contributed by atoms with Gasteiger partial charge in [0.1, 0.15) is 0 Å². The predicted octanol–water partition coefficient (Wildman–Crippen LogP) is 1.89. The zero-order valence-corrected chi connectivity index (χ0v) is 11.1. The number of hydrogen-bond donors (Lipinski definition) is 1. The van der Waals surface area contributed by atoms with Crippen LogP contribution in [-0.4, -0.2) is 35.1 Å². The number of β-amino-alcohol motifs (C(OH)–C–C–N with tert-alkyl or cyclic N) is 1. The molecule has 86 valence electrons. The van der Waals surface area contributed by atoms with Crippen molar-refractivity contribution < 1.29 is 9.90 Å². The van der Waals surface area contributed by atoms with Crippen molar-refractivity contribution in [3.63, 3.8) is 0 Å². The van der Waals surface area contributed by atoms with Gasteiger partial charge in [-0.1, -0.05) is 0 Å². The van der Waals surface area contributed by atoms with Gasteiger partial charge in [0.25, 0.3) is 5.91 Å². The van der Waals surface area contributed by atoms with Gasteiger partial charge in [0.2, 0.25) is 0 Å². The zero-order valence-electron chi connectivity index (χ0n) is 8.90. The number of aliphatic hydroxyl groups excluding tert-OH is 1. The summed E-state index contributed by atoms with van der Waals surface area (Å²) in [5, 5.41) is 9.52. The van der Waals surface area contributed by atoms with E-state index in [4.69, 9.17) is 0 Å². The van der Waals surface area contributed by atoms with Crippen molar-refractivity contribution in [2.45, 2.75) is 18.9 Å². The molecule has 1 atom stereocenters. The van der Waals surface area contributed by atoms with Crippen LogP contribution in [-0.2, 0) is 0 Å². The normalized spacial score (nSPS) is 20.9. The number of benzene rings is 1. The first-order valence-electron chi connectivity index (χ1n) is 5.40. The molecule has 0 aliphatic carbocycles. The van der Waals surface area contributed by atoms with Crippen LogP contribution in [0.3, 0.4) is 0 Å². The minimum absolute atomic E-state index is 0.0233. The molecule has 1 saturated heterocycles. The zero-order chi connectivity index (χ0) is 11.5. The van der Waals surface area contributed by atoms with Crippen LogP contribution in [0.25, 0.3) is 0 Å². The third kappa shape index (κ3) is 2.74. The van der Waals surface area contributed by atoms with Gasteiger partial charge in [-0.15, -0.1) is 0 Å². The van der Waals surface area contributed by atoms with Gasteiger partial charge < -0.3 is 10.0 Å². The highest BCUT2D eigenvalue weighted by Crippen LogP contribution is 2.14. The van der Waals surface area contributed by atoms with Gasteiger partial charge in [-0.05, 0) is 59.7 Å². The van der Waals surface area contributed by atoms with E-state index in [1.165, 1.54) is 0 Å². The van der Waals surface area contributed by atoms with E-state index in [0.29, 0.717) is 12.1 Å². The quantitative estimate of drug-likeness (QED) is 0.799. The van der Waals surface area contributed by atoms with E-state index >= 15 is 0 Å². The molecular weight excluding hydrogens is 317 g/mol. The number of aliphatic hydroxyl groups is 1. The molecule has 1 aromatic carbocycles. The molecule has 2 rings (SSSR count). The molecule has 16 heavy (non-hydrogen) atoms. The number of amides is 1. The lowest BCUT2D eigenvalue weighted by atomic mass is 10.1. The van der Waals surface area contributed by atoms with Crippen molar-refractivity contribution in [3.8, 4) is 0 Å². The van der Waals surface area contributed by atoms with E-state index in [2.05, 4.69) is 22.6 Å². The fourth-order valence-electron chi connectivity index (χ4n) is 1.91. The molecule has 1 fully saturated rings. The maximum atomic E-state index is 12.1. The van der Waals surface area contributed by atoms with Crippen LogP contribution < -0.4 is 0 Å². The molecule has 0 radical (unpaired) electrons. The second-order valence-electron chi connectivity index (χ2n) is 4.05. The maximum absolute atomic E-state index is 12.1. The summed E-state index contributed by atoms with van der Waals surface area (Å²) in [7, 11) is 0. The molecule has 0 bridgehead atoms. The number of halogens is 1. The molecule has 1 aliphatic rings. The number of piperidine rings is 1. The highest BCUT2D eigenvalue weighted by Gasteiger charge is 2.22. The van der Waals surface area contributed by atoms with Crippen molar-refractivity contribution in [1.82, 2.24) is 4.90 Å². The highest BCUT2D eigenvalue weighted by molar-refractivity contribution is 14.1. The summed E-state index contributed by atoms with van der Waals surface area (Å²) in [5.74, 6) is 0.0233. The van der Waals surface area contributed by atoms with Gasteiger partial charge in [-0.2, -0.15) is 0 Å². The number of rotatable bonds is 1.